The van der Waals surface area contributed by atoms with Crippen LogP contribution in [-0.2, 0) is 18.5 Å². The molecule has 190 valence electrons. The number of para-hydroxylation sites is 1. The molecule has 38 heavy (non-hydrogen) atoms. The molecule has 0 radical (unpaired) electrons. The molecule has 0 fully saturated rings. The predicted molar refractivity (Wildman–Crippen MR) is 139 cm³/mol. The number of pyridine rings is 1. The van der Waals surface area contributed by atoms with Crippen LogP contribution < -0.4 is 11.1 Å². The van der Waals surface area contributed by atoms with Crippen molar-refractivity contribution in [1.29, 1.82) is 0 Å². The van der Waals surface area contributed by atoms with Gasteiger partial charge in [0.25, 0.3) is 0 Å². The van der Waals surface area contributed by atoms with Crippen LogP contribution >= 0.6 is 0 Å². The molecule has 5 aromatic heterocycles. The van der Waals surface area contributed by atoms with Crippen molar-refractivity contribution in [1.82, 2.24) is 45.2 Å². The molecule has 2 atom stereocenters. The Morgan fingerprint density at radius 3 is 2.76 bits per heavy atom. The van der Waals surface area contributed by atoms with E-state index in [1.54, 1.807) is 12.4 Å². The first-order valence-corrected chi connectivity index (χ1v) is 12.5. The molecule has 0 aliphatic carbocycles. The van der Waals surface area contributed by atoms with Crippen LogP contribution in [-0.4, -0.2) is 39.9 Å². The zero-order valence-electron chi connectivity index (χ0n) is 20.8. The Labute approximate surface area is 216 Å². The van der Waals surface area contributed by atoms with Gasteiger partial charge in [0.2, 0.25) is 5.89 Å². The minimum absolute atomic E-state index is 0.197. The van der Waals surface area contributed by atoms with E-state index in [1.807, 2.05) is 61.3 Å². The van der Waals surface area contributed by atoms with Crippen molar-refractivity contribution in [3.63, 3.8) is 0 Å². The van der Waals surface area contributed by atoms with E-state index < -0.39 is 11.3 Å². The summed E-state index contributed by atoms with van der Waals surface area (Å²) in [5.41, 5.74) is 5.31. The Morgan fingerprint density at radius 1 is 1.11 bits per heavy atom. The fraction of sp³-hybridized carbons (Fsp3) is 0.222. The number of imidazole rings is 1. The predicted octanol–water partition coefficient (Wildman–Crippen LogP) is 3.33. The molecule has 11 nitrogen and oxygen atoms in total. The average Bonchev–Trinajstić information content (AvgIpc) is 3.74. The molecule has 4 N–H and O–H groups in total. The fourth-order valence-electron chi connectivity index (χ4n) is 5.40. The van der Waals surface area contributed by atoms with Crippen LogP contribution in [0, 0.1) is 6.92 Å². The highest BCUT2D eigenvalue weighted by atomic mass is 16.4. The lowest BCUT2D eigenvalue weighted by atomic mass is 9.79. The highest BCUT2D eigenvalue weighted by Crippen LogP contribution is 2.45. The topological polar surface area (TPSA) is 146 Å². The van der Waals surface area contributed by atoms with E-state index in [0.29, 0.717) is 13.0 Å². The minimum Gasteiger partial charge on any atom is -0.390 e. The summed E-state index contributed by atoms with van der Waals surface area (Å²) in [6.45, 7) is 4.72. The van der Waals surface area contributed by atoms with Gasteiger partial charge in [0.05, 0.1) is 35.5 Å². The van der Waals surface area contributed by atoms with Crippen LogP contribution in [0.1, 0.15) is 47.1 Å². The van der Waals surface area contributed by atoms with Gasteiger partial charge in [-0.3, -0.25) is 15.0 Å². The maximum Gasteiger partial charge on any atom is 0.434 e. The second-order valence-corrected chi connectivity index (χ2v) is 9.58. The largest absolute Gasteiger partial charge is 0.434 e. The molecule has 0 saturated heterocycles. The second-order valence-electron chi connectivity index (χ2n) is 9.58. The molecule has 11 heteroatoms. The van der Waals surface area contributed by atoms with Crippen molar-refractivity contribution in [2.75, 3.05) is 0 Å². The third-order valence-corrected chi connectivity index (χ3v) is 7.25. The van der Waals surface area contributed by atoms with E-state index >= 15 is 0 Å². The van der Waals surface area contributed by atoms with Crippen LogP contribution in [0.5, 0.6) is 0 Å². The summed E-state index contributed by atoms with van der Waals surface area (Å²) in [6.07, 6.45) is 8.01. The van der Waals surface area contributed by atoms with Gasteiger partial charge in [-0.2, -0.15) is 5.10 Å². The number of rotatable bonds is 5. The van der Waals surface area contributed by atoms with E-state index in [4.69, 9.17) is 9.40 Å². The van der Waals surface area contributed by atoms with E-state index in [2.05, 4.69) is 41.6 Å². The second kappa shape index (κ2) is 8.38. The molecule has 7 rings (SSSR count). The van der Waals surface area contributed by atoms with Crippen LogP contribution in [0.3, 0.4) is 0 Å². The standard InChI is InChI=1S/C27H25N9O2/c1-3-36-14-16(12-30-36)27(25-34-35-26(37)38-25)23-18(17-6-4-5-7-19(17)31-23)10-21(33-27)24-29-13-22(32-24)20-9-8-15(2)11-28-20/h4-9,11-14,21,31,33H,3,10H2,1-2H3,(H,29,32)(H,35,37)/t21-,27?/m1/s1. The molecular formula is C27H25N9O2. The Hall–Kier alpha value is -4.77. The van der Waals surface area contributed by atoms with Crippen molar-refractivity contribution in [2.24, 2.45) is 0 Å². The highest BCUT2D eigenvalue weighted by molar-refractivity contribution is 5.86. The third kappa shape index (κ3) is 3.36. The quantitative estimate of drug-likeness (QED) is 0.280. The Bertz CT molecular complexity index is 1820. The molecule has 6 heterocycles. The number of H-pyrrole nitrogens is 3. The molecule has 0 spiro atoms. The number of aryl methyl sites for hydroxylation is 2. The summed E-state index contributed by atoms with van der Waals surface area (Å²) in [5, 5.41) is 16.1. The number of aromatic nitrogens is 8. The van der Waals surface area contributed by atoms with Gasteiger partial charge in [0, 0.05) is 35.4 Å². The van der Waals surface area contributed by atoms with Gasteiger partial charge in [-0.1, -0.05) is 24.3 Å². The number of hydrogen-bond acceptors (Lipinski definition) is 7. The van der Waals surface area contributed by atoms with Crippen molar-refractivity contribution >= 4 is 10.9 Å². The third-order valence-electron chi connectivity index (χ3n) is 7.25. The molecule has 0 saturated carbocycles. The molecule has 1 aromatic carbocycles. The van der Waals surface area contributed by atoms with E-state index in [9.17, 15) is 4.79 Å². The molecule has 0 amide bonds. The SMILES string of the molecule is CCn1cc(C2(c3n[nH]c(=O)o3)N[C@@H](c3ncc(-c4ccc(C)cn4)[nH]3)Cc3c2[nH]c2ccccc32)cn1. The minimum atomic E-state index is -1.13. The molecule has 1 unspecified atom stereocenters. The number of benzene rings is 1. The summed E-state index contributed by atoms with van der Waals surface area (Å²) in [6, 6.07) is 11.9. The lowest BCUT2D eigenvalue weighted by Gasteiger charge is -2.38. The number of nitrogens with zero attached hydrogens (tertiary/aromatic N) is 5. The van der Waals surface area contributed by atoms with Gasteiger partial charge in [-0.15, -0.1) is 5.10 Å². The van der Waals surface area contributed by atoms with Gasteiger partial charge in [-0.25, -0.2) is 14.9 Å². The first-order chi connectivity index (χ1) is 18.5. The van der Waals surface area contributed by atoms with E-state index in [-0.39, 0.29) is 11.9 Å². The maximum absolute atomic E-state index is 12.2. The smallest absolute Gasteiger partial charge is 0.390 e. The number of aromatic amines is 3. The zero-order valence-corrected chi connectivity index (χ0v) is 20.8. The monoisotopic (exact) mass is 507 g/mol. The summed E-state index contributed by atoms with van der Waals surface area (Å²) in [7, 11) is 0. The van der Waals surface area contributed by atoms with Crippen LogP contribution in [0.25, 0.3) is 22.3 Å². The normalized spacial score (nSPS) is 19.2. The molecule has 6 aromatic rings. The Morgan fingerprint density at radius 2 is 2.00 bits per heavy atom. The lowest BCUT2D eigenvalue weighted by Crippen LogP contribution is -2.51. The molecule has 1 aliphatic heterocycles. The molecular weight excluding hydrogens is 482 g/mol. The summed E-state index contributed by atoms with van der Waals surface area (Å²) in [4.78, 5) is 28.6. The van der Waals surface area contributed by atoms with Crippen molar-refractivity contribution < 1.29 is 4.42 Å². The summed E-state index contributed by atoms with van der Waals surface area (Å²) >= 11 is 0. The lowest BCUT2D eigenvalue weighted by molar-refractivity contribution is 0.284. The highest BCUT2D eigenvalue weighted by Gasteiger charge is 2.50. The fourth-order valence-corrected chi connectivity index (χ4v) is 5.40. The first-order valence-electron chi connectivity index (χ1n) is 12.5. The summed E-state index contributed by atoms with van der Waals surface area (Å²) < 4.78 is 7.50. The van der Waals surface area contributed by atoms with Crippen LogP contribution in [0.2, 0.25) is 0 Å². The Kier molecular flexibility index (Phi) is 4.95. The Balaban J connectivity index is 1.44. The van der Waals surface area contributed by atoms with Gasteiger partial charge in [0.15, 0.2) is 5.54 Å². The van der Waals surface area contributed by atoms with Gasteiger partial charge in [0.1, 0.15) is 5.82 Å². The van der Waals surface area contributed by atoms with Gasteiger partial charge >= 0.3 is 5.76 Å². The zero-order chi connectivity index (χ0) is 25.9. The van der Waals surface area contributed by atoms with Gasteiger partial charge < -0.3 is 14.4 Å². The van der Waals surface area contributed by atoms with Crippen LogP contribution in [0.4, 0.5) is 0 Å². The number of hydrogen-bond donors (Lipinski definition) is 4. The molecule has 0 bridgehead atoms. The number of fused-ring (bicyclic) bond motifs is 3. The van der Waals surface area contributed by atoms with Crippen molar-refractivity contribution in [2.45, 2.75) is 38.4 Å². The van der Waals surface area contributed by atoms with E-state index in [0.717, 1.165) is 50.5 Å². The van der Waals surface area contributed by atoms with Crippen molar-refractivity contribution in [3.8, 4) is 11.4 Å². The van der Waals surface area contributed by atoms with Gasteiger partial charge in [-0.05, 0) is 43.5 Å². The average molecular weight is 508 g/mol. The summed E-state index contributed by atoms with van der Waals surface area (Å²) in [5.74, 6) is 0.306. The maximum atomic E-state index is 12.2. The van der Waals surface area contributed by atoms with Crippen LogP contribution in [0.15, 0.2) is 70.4 Å². The van der Waals surface area contributed by atoms with Crippen molar-refractivity contribution in [3.05, 3.63) is 106 Å². The van der Waals surface area contributed by atoms with E-state index in [1.165, 1.54) is 0 Å². The first kappa shape index (κ1) is 22.4. The molecule has 1 aliphatic rings. The number of nitrogens with one attached hydrogen (secondary N) is 4.